The summed E-state index contributed by atoms with van der Waals surface area (Å²) in [6.45, 7) is 5.87. The summed E-state index contributed by atoms with van der Waals surface area (Å²) in [4.78, 5) is 23.6. The fourth-order valence-corrected chi connectivity index (χ4v) is 4.24. The summed E-state index contributed by atoms with van der Waals surface area (Å²) in [5.74, 6) is 1.31. The number of hydrogen-bond acceptors (Lipinski definition) is 7. The van der Waals surface area contributed by atoms with Gasteiger partial charge >= 0.3 is 0 Å². The number of carbonyl (C=O) groups excluding carboxylic acids is 1. The van der Waals surface area contributed by atoms with Gasteiger partial charge in [0.1, 0.15) is 0 Å². The molecule has 0 spiro atoms. The molecule has 1 saturated heterocycles. The monoisotopic (exact) mass is 406 g/mol. The zero-order valence-corrected chi connectivity index (χ0v) is 17.4. The lowest BCUT2D eigenvalue weighted by Crippen LogP contribution is -2.44. The second-order valence-electron chi connectivity index (χ2n) is 8.53. The molecule has 0 aliphatic carbocycles. The van der Waals surface area contributed by atoms with Crippen molar-refractivity contribution in [1.29, 1.82) is 0 Å². The summed E-state index contributed by atoms with van der Waals surface area (Å²) < 4.78 is 1.75. The molecule has 156 valence electrons. The number of benzene rings is 1. The average Bonchev–Trinajstić information content (AvgIpc) is 3.25. The Balaban J connectivity index is 1.43. The predicted molar refractivity (Wildman–Crippen MR) is 116 cm³/mol. The minimum Gasteiger partial charge on any atom is -0.352 e. The first-order valence-electron chi connectivity index (χ1n) is 10.3. The third-order valence-corrected chi connectivity index (χ3v) is 6.15. The number of rotatable bonds is 4. The highest BCUT2D eigenvalue weighted by atomic mass is 16.2. The second-order valence-corrected chi connectivity index (χ2v) is 8.53. The van der Waals surface area contributed by atoms with Crippen LogP contribution in [0.5, 0.6) is 0 Å². The molecule has 5 rings (SSSR count). The van der Waals surface area contributed by atoms with Crippen LogP contribution in [0.15, 0.2) is 30.6 Å². The molecule has 9 nitrogen and oxygen atoms in total. The van der Waals surface area contributed by atoms with Crippen LogP contribution in [0.1, 0.15) is 32.3 Å². The van der Waals surface area contributed by atoms with E-state index in [1.165, 1.54) is 0 Å². The number of amides is 1. The van der Waals surface area contributed by atoms with Crippen molar-refractivity contribution in [2.45, 2.75) is 38.1 Å². The standard InChI is InChI=1S/C21H26N8O/c1-21(2)15-7-6-13(11-16(15)25-19(21)30)24-20-26-18-17(23-9-10-29(18)27-20)28(3)14-5-4-8-22-12-14/h6-7,9-11,14,22H,4-5,8,12H2,1-3H3,(H,24,27)(H,25,30). The summed E-state index contributed by atoms with van der Waals surface area (Å²) in [5, 5.41) is 14.2. The van der Waals surface area contributed by atoms with Crippen LogP contribution in [0.3, 0.4) is 0 Å². The van der Waals surface area contributed by atoms with Gasteiger partial charge in [0.2, 0.25) is 11.9 Å². The molecule has 1 aromatic carbocycles. The third kappa shape index (κ3) is 3.06. The fraction of sp³-hybridized carbons (Fsp3) is 0.429. The van der Waals surface area contributed by atoms with Gasteiger partial charge in [-0.3, -0.25) is 4.79 Å². The summed E-state index contributed by atoms with van der Waals surface area (Å²) in [6, 6.07) is 6.23. The maximum Gasteiger partial charge on any atom is 0.247 e. The van der Waals surface area contributed by atoms with Crippen molar-refractivity contribution in [2.75, 3.05) is 35.7 Å². The molecule has 0 saturated carbocycles. The smallest absolute Gasteiger partial charge is 0.247 e. The van der Waals surface area contributed by atoms with E-state index in [1.54, 1.807) is 16.9 Å². The van der Waals surface area contributed by atoms with Gasteiger partial charge in [-0.15, -0.1) is 5.10 Å². The Morgan fingerprint density at radius 1 is 1.33 bits per heavy atom. The van der Waals surface area contributed by atoms with Gasteiger partial charge in [-0.05, 0) is 50.9 Å². The Bertz CT molecular complexity index is 1120. The molecular weight excluding hydrogens is 380 g/mol. The molecule has 1 amide bonds. The van der Waals surface area contributed by atoms with Gasteiger partial charge in [0.15, 0.2) is 11.5 Å². The molecule has 4 heterocycles. The fourth-order valence-electron chi connectivity index (χ4n) is 4.24. The molecular formula is C21H26N8O. The molecule has 1 atom stereocenters. The number of likely N-dealkylation sites (N-methyl/N-ethyl adjacent to an activating group) is 1. The summed E-state index contributed by atoms with van der Waals surface area (Å²) in [5.41, 5.74) is 2.83. The van der Waals surface area contributed by atoms with Crippen LogP contribution in [0.2, 0.25) is 0 Å². The maximum atomic E-state index is 12.2. The lowest BCUT2D eigenvalue weighted by atomic mass is 9.86. The largest absolute Gasteiger partial charge is 0.352 e. The quantitative estimate of drug-likeness (QED) is 0.611. The molecule has 1 fully saturated rings. The van der Waals surface area contributed by atoms with Gasteiger partial charge in [0, 0.05) is 43.4 Å². The minimum atomic E-state index is -0.520. The van der Waals surface area contributed by atoms with E-state index < -0.39 is 5.41 Å². The van der Waals surface area contributed by atoms with Crippen molar-refractivity contribution < 1.29 is 4.79 Å². The van der Waals surface area contributed by atoms with Crippen molar-refractivity contribution in [3.63, 3.8) is 0 Å². The van der Waals surface area contributed by atoms with E-state index in [1.807, 2.05) is 32.0 Å². The number of nitrogens with one attached hydrogen (secondary N) is 3. The topological polar surface area (TPSA) is 99.5 Å². The molecule has 2 aliphatic heterocycles. The van der Waals surface area contributed by atoms with Gasteiger partial charge in [-0.2, -0.15) is 4.98 Å². The number of hydrogen-bond donors (Lipinski definition) is 3. The maximum absolute atomic E-state index is 12.2. The molecule has 0 radical (unpaired) electrons. The van der Waals surface area contributed by atoms with E-state index in [0.29, 0.717) is 17.6 Å². The Kier molecular flexibility index (Phi) is 4.35. The molecule has 9 heteroatoms. The number of aromatic nitrogens is 4. The Labute approximate surface area is 174 Å². The lowest BCUT2D eigenvalue weighted by Gasteiger charge is -2.32. The van der Waals surface area contributed by atoms with Crippen molar-refractivity contribution in [1.82, 2.24) is 24.9 Å². The molecule has 2 aromatic heterocycles. The van der Waals surface area contributed by atoms with E-state index in [0.717, 1.165) is 48.7 Å². The molecule has 3 aromatic rings. The van der Waals surface area contributed by atoms with Gasteiger partial charge in [-0.1, -0.05) is 6.07 Å². The first-order valence-corrected chi connectivity index (χ1v) is 10.3. The molecule has 30 heavy (non-hydrogen) atoms. The number of fused-ring (bicyclic) bond motifs is 2. The SMILES string of the molecule is CN(c1nccn2nc(Nc3ccc4c(c3)NC(=O)C4(C)C)nc12)C1CCCNC1. The van der Waals surface area contributed by atoms with Gasteiger partial charge in [-0.25, -0.2) is 9.50 Å². The van der Waals surface area contributed by atoms with Crippen LogP contribution in [0.25, 0.3) is 5.65 Å². The molecule has 3 N–H and O–H groups in total. The predicted octanol–water partition coefficient (Wildman–Crippen LogP) is 2.29. The lowest BCUT2D eigenvalue weighted by molar-refractivity contribution is -0.119. The Hall–Kier alpha value is -3.20. The van der Waals surface area contributed by atoms with Crippen molar-refractivity contribution in [3.8, 4) is 0 Å². The van der Waals surface area contributed by atoms with E-state index in [9.17, 15) is 4.79 Å². The van der Waals surface area contributed by atoms with Crippen LogP contribution in [0.4, 0.5) is 23.1 Å². The highest BCUT2D eigenvalue weighted by Gasteiger charge is 2.38. The van der Waals surface area contributed by atoms with Crippen LogP contribution in [-0.2, 0) is 10.2 Å². The van der Waals surface area contributed by atoms with E-state index in [2.05, 4.69) is 43.0 Å². The zero-order valence-electron chi connectivity index (χ0n) is 17.4. The van der Waals surface area contributed by atoms with Crippen LogP contribution >= 0.6 is 0 Å². The van der Waals surface area contributed by atoms with Crippen LogP contribution < -0.4 is 20.9 Å². The van der Waals surface area contributed by atoms with E-state index in [4.69, 9.17) is 0 Å². The van der Waals surface area contributed by atoms with E-state index >= 15 is 0 Å². The van der Waals surface area contributed by atoms with Crippen molar-refractivity contribution in [3.05, 3.63) is 36.2 Å². The Morgan fingerprint density at radius 2 is 2.20 bits per heavy atom. The Morgan fingerprint density at radius 3 is 3.00 bits per heavy atom. The van der Waals surface area contributed by atoms with Gasteiger partial charge < -0.3 is 20.9 Å². The van der Waals surface area contributed by atoms with Gasteiger partial charge in [0.05, 0.1) is 5.41 Å². The first kappa shape index (κ1) is 18.8. The van der Waals surface area contributed by atoms with Crippen LogP contribution in [-0.4, -0.2) is 51.7 Å². The average molecular weight is 406 g/mol. The van der Waals surface area contributed by atoms with Gasteiger partial charge in [0.25, 0.3) is 0 Å². The number of nitrogens with zero attached hydrogens (tertiary/aromatic N) is 5. The number of carbonyl (C=O) groups is 1. The van der Waals surface area contributed by atoms with Crippen molar-refractivity contribution in [2.24, 2.45) is 0 Å². The van der Waals surface area contributed by atoms with Crippen molar-refractivity contribution >= 4 is 34.7 Å². The normalized spacial score (nSPS) is 20.1. The third-order valence-electron chi connectivity index (χ3n) is 6.15. The number of piperidine rings is 1. The summed E-state index contributed by atoms with van der Waals surface area (Å²) in [6.07, 6.45) is 5.84. The second kappa shape index (κ2) is 6.94. The summed E-state index contributed by atoms with van der Waals surface area (Å²) in [7, 11) is 2.06. The zero-order chi connectivity index (χ0) is 20.9. The summed E-state index contributed by atoms with van der Waals surface area (Å²) >= 11 is 0. The number of anilines is 4. The molecule has 1 unspecified atom stereocenters. The first-order chi connectivity index (χ1) is 14.4. The minimum absolute atomic E-state index is 0.0106. The van der Waals surface area contributed by atoms with E-state index in [-0.39, 0.29) is 5.91 Å². The highest BCUT2D eigenvalue weighted by Crippen LogP contribution is 2.39. The molecule has 2 aliphatic rings. The highest BCUT2D eigenvalue weighted by molar-refractivity contribution is 6.06. The van der Waals surface area contributed by atoms with Crippen LogP contribution in [0, 0.1) is 0 Å². The molecule has 0 bridgehead atoms.